The first-order valence-corrected chi connectivity index (χ1v) is 13.2. The first kappa shape index (κ1) is 26.2. The third kappa shape index (κ3) is 6.54. The molecule has 3 aromatic rings. The smallest absolute Gasteiger partial charge is 0.228 e. The summed E-state index contributed by atoms with van der Waals surface area (Å²) in [5, 5.41) is 6.05. The average molecular weight is 532 g/mol. The Morgan fingerprint density at radius 3 is 2.54 bits per heavy atom. The molecule has 11 nitrogen and oxygen atoms in total. The molecule has 1 aromatic carbocycles. The average Bonchev–Trinajstić information content (AvgIpc) is 3.61. The van der Waals surface area contributed by atoms with E-state index in [0.29, 0.717) is 69.8 Å². The van der Waals surface area contributed by atoms with Gasteiger partial charge < -0.3 is 29.8 Å². The number of hydrogen-bond donors (Lipinski definition) is 2. The topological polar surface area (TPSA) is 124 Å². The van der Waals surface area contributed by atoms with Crippen LogP contribution in [0.25, 0.3) is 11.4 Å². The number of carbonyl (C=O) groups is 3. The Bertz CT molecular complexity index is 1290. The number of carbonyl (C=O) groups excluding carboxylic acids is 3. The maximum absolute atomic E-state index is 13.3. The lowest BCUT2D eigenvalue weighted by Crippen LogP contribution is -2.51. The van der Waals surface area contributed by atoms with Crippen LogP contribution in [0.3, 0.4) is 0 Å². The highest BCUT2D eigenvalue weighted by Gasteiger charge is 2.37. The highest BCUT2D eigenvalue weighted by molar-refractivity contribution is 5.89. The monoisotopic (exact) mass is 531 g/mol. The second kappa shape index (κ2) is 12.0. The SMILES string of the molecule is CC(=O)NCCNc1cc(N2CCN(C(=O)C3CC(=O)N(Cc4ccco4)C3)CC2)nc(-c2ccccc2)n1. The minimum Gasteiger partial charge on any atom is -0.467 e. The number of hydrogen-bond acceptors (Lipinski definition) is 8. The van der Waals surface area contributed by atoms with Crippen molar-refractivity contribution < 1.29 is 18.8 Å². The van der Waals surface area contributed by atoms with Crippen LogP contribution < -0.4 is 15.5 Å². The molecule has 0 saturated carbocycles. The molecule has 204 valence electrons. The van der Waals surface area contributed by atoms with Crippen LogP contribution in [0.2, 0.25) is 0 Å². The van der Waals surface area contributed by atoms with Gasteiger partial charge in [-0.1, -0.05) is 30.3 Å². The molecule has 2 fully saturated rings. The number of furan rings is 1. The highest BCUT2D eigenvalue weighted by Crippen LogP contribution is 2.26. The molecule has 3 amide bonds. The van der Waals surface area contributed by atoms with Crippen LogP contribution in [-0.4, -0.2) is 83.3 Å². The Labute approximate surface area is 227 Å². The summed E-state index contributed by atoms with van der Waals surface area (Å²) in [5.74, 6) is 2.37. The standard InChI is InChI=1S/C28H33N7O4/c1-20(36)29-9-10-30-24-17-25(32-27(31-24)21-6-3-2-4-7-21)33-11-13-34(14-12-33)28(38)22-16-26(37)35(18-22)19-23-8-5-15-39-23/h2-8,15,17,22H,9-14,16,18-19H2,1H3,(H,29,36)(H,30,31,32). The Balaban J connectivity index is 1.22. The molecule has 0 radical (unpaired) electrons. The van der Waals surface area contributed by atoms with Crippen molar-refractivity contribution >= 4 is 29.4 Å². The van der Waals surface area contributed by atoms with Crippen LogP contribution in [-0.2, 0) is 20.9 Å². The molecule has 11 heteroatoms. The van der Waals surface area contributed by atoms with E-state index in [1.165, 1.54) is 6.92 Å². The Morgan fingerprint density at radius 2 is 1.82 bits per heavy atom. The molecular formula is C28H33N7O4. The summed E-state index contributed by atoms with van der Waals surface area (Å²) >= 11 is 0. The molecule has 2 aliphatic heterocycles. The fraction of sp³-hybridized carbons (Fsp3) is 0.393. The van der Waals surface area contributed by atoms with Gasteiger partial charge in [0.2, 0.25) is 17.7 Å². The maximum Gasteiger partial charge on any atom is 0.228 e. The first-order valence-electron chi connectivity index (χ1n) is 13.2. The number of rotatable bonds is 9. The number of piperazine rings is 1. The van der Waals surface area contributed by atoms with E-state index < -0.39 is 0 Å². The van der Waals surface area contributed by atoms with Gasteiger partial charge in [0, 0.05) is 70.8 Å². The summed E-state index contributed by atoms with van der Waals surface area (Å²) in [5.41, 5.74) is 0.906. The summed E-state index contributed by atoms with van der Waals surface area (Å²) in [6, 6.07) is 15.3. The van der Waals surface area contributed by atoms with E-state index in [0.717, 1.165) is 11.4 Å². The van der Waals surface area contributed by atoms with Crippen molar-refractivity contribution in [1.29, 1.82) is 0 Å². The highest BCUT2D eigenvalue weighted by atomic mass is 16.3. The number of benzene rings is 1. The van der Waals surface area contributed by atoms with E-state index in [1.807, 2.05) is 47.4 Å². The van der Waals surface area contributed by atoms with Crippen LogP contribution in [0.5, 0.6) is 0 Å². The van der Waals surface area contributed by atoms with Crippen molar-refractivity contribution in [3.63, 3.8) is 0 Å². The van der Waals surface area contributed by atoms with Crippen molar-refractivity contribution in [3.8, 4) is 11.4 Å². The van der Waals surface area contributed by atoms with Gasteiger partial charge in [-0.3, -0.25) is 14.4 Å². The van der Waals surface area contributed by atoms with Crippen molar-refractivity contribution in [2.24, 2.45) is 5.92 Å². The van der Waals surface area contributed by atoms with Gasteiger partial charge in [-0.2, -0.15) is 0 Å². The van der Waals surface area contributed by atoms with Crippen molar-refractivity contribution in [3.05, 3.63) is 60.6 Å². The number of nitrogens with one attached hydrogen (secondary N) is 2. The third-order valence-corrected chi connectivity index (χ3v) is 6.96. The zero-order chi connectivity index (χ0) is 27.2. The summed E-state index contributed by atoms with van der Waals surface area (Å²) in [6.45, 7) is 5.67. The molecule has 4 heterocycles. The quantitative estimate of drug-likeness (QED) is 0.402. The molecule has 2 aliphatic rings. The lowest BCUT2D eigenvalue weighted by molar-refractivity contribution is -0.136. The summed E-state index contributed by atoms with van der Waals surface area (Å²) in [7, 11) is 0. The molecule has 1 unspecified atom stereocenters. The second-order valence-corrected chi connectivity index (χ2v) is 9.78. The van der Waals surface area contributed by atoms with Crippen LogP contribution in [0.15, 0.2) is 59.2 Å². The van der Waals surface area contributed by atoms with Gasteiger partial charge in [-0.15, -0.1) is 0 Å². The Kier molecular flexibility index (Phi) is 8.04. The number of likely N-dealkylation sites (tertiary alicyclic amines) is 1. The van der Waals surface area contributed by atoms with E-state index in [1.54, 1.807) is 17.2 Å². The van der Waals surface area contributed by atoms with Crippen LogP contribution >= 0.6 is 0 Å². The molecular weight excluding hydrogens is 498 g/mol. The lowest BCUT2D eigenvalue weighted by atomic mass is 10.1. The predicted octanol–water partition coefficient (Wildman–Crippen LogP) is 1.98. The lowest BCUT2D eigenvalue weighted by Gasteiger charge is -2.36. The van der Waals surface area contributed by atoms with E-state index in [-0.39, 0.29) is 30.1 Å². The van der Waals surface area contributed by atoms with Crippen molar-refractivity contribution in [2.45, 2.75) is 19.9 Å². The number of amides is 3. The third-order valence-electron chi connectivity index (χ3n) is 6.96. The number of aromatic nitrogens is 2. The van der Waals surface area contributed by atoms with Gasteiger partial charge in [-0.05, 0) is 12.1 Å². The molecule has 0 aliphatic carbocycles. The second-order valence-electron chi connectivity index (χ2n) is 9.78. The molecule has 2 saturated heterocycles. The molecule has 2 N–H and O–H groups in total. The molecule has 0 bridgehead atoms. The van der Waals surface area contributed by atoms with Gasteiger partial charge in [-0.25, -0.2) is 9.97 Å². The molecule has 39 heavy (non-hydrogen) atoms. The summed E-state index contributed by atoms with van der Waals surface area (Å²) in [4.78, 5) is 52.2. The van der Waals surface area contributed by atoms with Crippen LogP contribution in [0.4, 0.5) is 11.6 Å². The van der Waals surface area contributed by atoms with Gasteiger partial charge in [0.25, 0.3) is 0 Å². The molecule has 1 atom stereocenters. The fourth-order valence-electron chi connectivity index (χ4n) is 4.93. The normalized spacial score (nSPS) is 17.4. The van der Waals surface area contributed by atoms with Gasteiger partial charge in [0.15, 0.2) is 5.82 Å². The summed E-state index contributed by atoms with van der Waals surface area (Å²) in [6.07, 6.45) is 1.82. The molecule has 5 rings (SSSR count). The van der Waals surface area contributed by atoms with Crippen LogP contribution in [0, 0.1) is 5.92 Å². The summed E-state index contributed by atoms with van der Waals surface area (Å²) < 4.78 is 5.37. The minimum atomic E-state index is -0.331. The van der Waals surface area contributed by atoms with Gasteiger partial charge in [0.1, 0.15) is 17.4 Å². The molecule has 2 aromatic heterocycles. The Morgan fingerprint density at radius 1 is 1.03 bits per heavy atom. The zero-order valence-electron chi connectivity index (χ0n) is 22.0. The fourth-order valence-corrected chi connectivity index (χ4v) is 4.93. The van der Waals surface area contributed by atoms with Gasteiger partial charge in [0.05, 0.1) is 18.7 Å². The van der Waals surface area contributed by atoms with Crippen molar-refractivity contribution in [2.75, 3.05) is 56.0 Å². The van der Waals surface area contributed by atoms with Crippen LogP contribution in [0.1, 0.15) is 19.1 Å². The largest absolute Gasteiger partial charge is 0.467 e. The Hall–Kier alpha value is -4.41. The van der Waals surface area contributed by atoms with Gasteiger partial charge >= 0.3 is 0 Å². The number of nitrogens with zero attached hydrogens (tertiary/aromatic N) is 5. The minimum absolute atomic E-state index is 0.0173. The maximum atomic E-state index is 13.3. The van der Waals surface area contributed by atoms with E-state index in [9.17, 15) is 14.4 Å². The van der Waals surface area contributed by atoms with E-state index >= 15 is 0 Å². The van der Waals surface area contributed by atoms with Crippen molar-refractivity contribution in [1.82, 2.24) is 25.1 Å². The van der Waals surface area contributed by atoms with E-state index in [2.05, 4.69) is 20.5 Å². The molecule has 0 spiro atoms. The zero-order valence-corrected chi connectivity index (χ0v) is 22.0. The number of anilines is 2. The van der Waals surface area contributed by atoms with E-state index in [4.69, 9.17) is 9.40 Å². The first-order chi connectivity index (χ1) is 19.0. The predicted molar refractivity (Wildman–Crippen MR) is 146 cm³/mol.